The molecule has 0 saturated carbocycles. The highest BCUT2D eigenvalue weighted by atomic mass is 16.8. The van der Waals surface area contributed by atoms with Crippen molar-refractivity contribution in [2.45, 2.75) is 44.9 Å². The molecule has 1 aliphatic heterocycles. The lowest BCUT2D eigenvalue weighted by Gasteiger charge is -2.18. The van der Waals surface area contributed by atoms with Crippen LogP contribution in [0.15, 0.2) is 36.4 Å². The van der Waals surface area contributed by atoms with E-state index >= 15 is 0 Å². The average Bonchev–Trinajstić information content (AvgIpc) is 2.64. The maximum Gasteiger partial charge on any atom is 0.164 e. The second-order valence-corrected chi connectivity index (χ2v) is 5.08. The minimum absolute atomic E-state index is 0.222. The van der Waals surface area contributed by atoms with E-state index in [4.69, 9.17) is 9.47 Å². The number of benzene rings is 1. The van der Waals surface area contributed by atoms with Crippen LogP contribution in [0.4, 0.5) is 0 Å². The Kier molecular flexibility index (Phi) is 3.85. The van der Waals surface area contributed by atoms with Crippen LogP contribution in [0.2, 0.25) is 0 Å². The first kappa shape index (κ1) is 13.3. The van der Waals surface area contributed by atoms with E-state index in [1.807, 2.05) is 56.3 Å². The molecule has 1 saturated heterocycles. The predicted octanol–water partition coefficient (Wildman–Crippen LogP) is 2.60. The van der Waals surface area contributed by atoms with Gasteiger partial charge in [-0.15, -0.1) is 0 Å². The number of aliphatic hydroxyl groups excluding tert-OH is 1. The molecule has 1 aromatic carbocycles. The Labute approximate surface area is 108 Å². The second-order valence-electron chi connectivity index (χ2n) is 5.08. The van der Waals surface area contributed by atoms with Crippen LogP contribution < -0.4 is 0 Å². The van der Waals surface area contributed by atoms with Crippen molar-refractivity contribution in [3.05, 3.63) is 42.0 Å². The van der Waals surface area contributed by atoms with Crippen molar-refractivity contribution >= 4 is 6.08 Å². The summed E-state index contributed by atoms with van der Waals surface area (Å²) in [7, 11) is 0. The van der Waals surface area contributed by atoms with Crippen molar-refractivity contribution in [2.75, 3.05) is 0 Å². The van der Waals surface area contributed by atoms with Gasteiger partial charge in [-0.3, -0.25) is 0 Å². The van der Waals surface area contributed by atoms with E-state index < -0.39 is 11.9 Å². The van der Waals surface area contributed by atoms with Crippen LogP contribution in [0.1, 0.15) is 26.3 Å². The highest BCUT2D eigenvalue weighted by molar-refractivity contribution is 5.49. The standard InChI is InChI=1S/C15H20O3/c1-11(16)14-13(17-15(2,3)18-14)10-9-12-7-5-4-6-8-12/h4-11,13-14,16H,1-3H3/b10-9+/t11?,13-,14+/m1/s1. The normalized spacial score (nSPS) is 28.7. The molecule has 1 N–H and O–H groups in total. The van der Waals surface area contributed by atoms with Crippen molar-refractivity contribution in [2.24, 2.45) is 0 Å². The summed E-state index contributed by atoms with van der Waals surface area (Å²) in [5, 5.41) is 9.71. The van der Waals surface area contributed by atoms with Crippen LogP contribution in [0.5, 0.6) is 0 Å². The van der Waals surface area contributed by atoms with Gasteiger partial charge in [0.1, 0.15) is 12.2 Å². The molecule has 0 aromatic heterocycles. The van der Waals surface area contributed by atoms with Crippen LogP contribution in [-0.4, -0.2) is 29.2 Å². The molecule has 1 aliphatic rings. The first-order valence-corrected chi connectivity index (χ1v) is 6.25. The molecule has 1 aromatic rings. The second kappa shape index (κ2) is 5.22. The predicted molar refractivity (Wildman–Crippen MR) is 71.0 cm³/mol. The molecule has 3 nitrogen and oxygen atoms in total. The minimum atomic E-state index is -0.645. The Morgan fingerprint density at radius 1 is 1.22 bits per heavy atom. The van der Waals surface area contributed by atoms with Crippen LogP contribution in [0.25, 0.3) is 6.08 Å². The van der Waals surface area contributed by atoms with Gasteiger partial charge in [-0.2, -0.15) is 0 Å². The van der Waals surface area contributed by atoms with E-state index in [0.717, 1.165) is 5.56 Å². The van der Waals surface area contributed by atoms with Gasteiger partial charge in [0.2, 0.25) is 0 Å². The van der Waals surface area contributed by atoms with E-state index in [-0.39, 0.29) is 12.2 Å². The fourth-order valence-corrected chi connectivity index (χ4v) is 2.11. The summed E-state index contributed by atoms with van der Waals surface area (Å²) in [4.78, 5) is 0. The van der Waals surface area contributed by atoms with Gasteiger partial charge in [0.15, 0.2) is 5.79 Å². The maximum absolute atomic E-state index is 9.71. The highest BCUT2D eigenvalue weighted by Gasteiger charge is 2.42. The molecule has 1 heterocycles. The number of hydrogen-bond donors (Lipinski definition) is 1. The van der Waals surface area contributed by atoms with Gasteiger partial charge in [0.25, 0.3) is 0 Å². The molecule has 0 bridgehead atoms. The van der Waals surface area contributed by atoms with Gasteiger partial charge >= 0.3 is 0 Å². The summed E-state index contributed by atoms with van der Waals surface area (Å²) >= 11 is 0. The molecular weight excluding hydrogens is 228 g/mol. The van der Waals surface area contributed by atoms with Gasteiger partial charge < -0.3 is 14.6 Å². The molecule has 1 unspecified atom stereocenters. The van der Waals surface area contributed by atoms with Gasteiger partial charge in [0, 0.05) is 0 Å². The Bertz CT molecular complexity index is 409. The van der Waals surface area contributed by atoms with Gasteiger partial charge in [0.05, 0.1) is 6.10 Å². The zero-order valence-electron chi connectivity index (χ0n) is 11.0. The lowest BCUT2D eigenvalue weighted by molar-refractivity contribution is -0.152. The van der Waals surface area contributed by atoms with Crippen molar-refractivity contribution in [1.29, 1.82) is 0 Å². The Morgan fingerprint density at radius 2 is 1.89 bits per heavy atom. The monoisotopic (exact) mass is 248 g/mol. The molecule has 0 spiro atoms. The molecule has 1 fully saturated rings. The summed E-state index contributed by atoms with van der Waals surface area (Å²) in [6, 6.07) is 10.0. The fourth-order valence-electron chi connectivity index (χ4n) is 2.11. The minimum Gasteiger partial charge on any atom is -0.391 e. The van der Waals surface area contributed by atoms with Crippen LogP contribution in [0, 0.1) is 0 Å². The van der Waals surface area contributed by atoms with Crippen molar-refractivity contribution in [3.63, 3.8) is 0 Å². The first-order chi connectivity index (χ1) is 8.48. The molecular formula is C15H20O3. The number of ether oxygens (including phenoxy) is 2. The quantitative estimate of drug-likeness (QED) is 0.893. The van der Waals surface area contributed by atoms with Crippen LogP contribution >= 0.6 is 0 Å². The number of rotatable bonds is 3. The fraction of sp³-hybridized carbons (Fsp3) is 0.467. The summed E-state index contributed by atoms with van der Waals surface area (Å²) in [5.41, 5.74) is 1.11. The molecule has 3 atom stereocenters. The Morgan fingerprint density at radius 3 is 2.50 bits per heavy atom. The third kappa shape index (κ3) is 3.19. The van der Waals surface area contributed by atoms with Crippen LogP contribution in [0.3, 0.4) is 0 Å². The lowest BCUT2D eigenvalue weighted by Crippen LogP contribution is -2.32. The topological polar surface area (TPSA) is 38.7 Å². The van der Waals surface area contributed by atoms with Crippen LogP contribution in [-0.2, 0) is 9.47 Å². The molecule has 18 heavy (non-hydrogen) atoms. The lowest BCUT2D eigenvalue weighted by atomic mass is 10.1. The smallest absolute Gasteiger partial charge is 0.164 e. The van der Waals surface area contributed by atoms with E-state index in [2.05, 4.69) is 0 Å². The third-order valence-corrected chi connectivity index (χ3v) is 2.92. The zero-order chi connectivity index (χ0) is 13.2. The van der Waals surface area contributed by atoms with Crippen molar-refractivity contribution < 1.29 is 14.6 Å². The SMILES string of the molecule is CC(O)[C@@H]1OC(C)(C)O[C@@H]1/C=C/c1ccccc1. The van der Waals surface area contributed by atoms with E-state index in [9.17, 15) is 5.11 Å². The maximum atomic E-state index is 9.71. The van der Waals surface area contributed by atoms with Crippen molar-refractivity contribution in [3.8, 4) is 0 Å². The number of hydrogen-bond acceptors (Lipinski definition) is 3. The third-order valence-electron chi connectivity index (χ3n) is 2.92. The summed E-state index contributed by atoms with van der Waals surface area (Å²) < 4.78 is 11.5. The zero-order valence-corrected chi connectivity index (χ0v) is 11.0. The van der Waals surface area contributed by atoms with Gasteiger partial charge in [-0.05, 0) is 26.3 Å². The van der Waals surface area contributed by atoms with Gasteiger partial charge in [-0.25, -0.2) is 0 Å². The highest BCUT2D eigenvalue weighted by Crippen LogP contribution is 2.30. The largest absolute Gasteiger partial charge is 0.391 e. The first-order valence-electron chi connectivity index (χ1n) is 6.25. The molecule has 0 amide bonds. The molecule has 3 heteroatoms. The van der Waals surface area contributed by atoms with E-state index in [1.165, 1.54) is 0 Å². The Balaban J connectivity index is 2.10. The number of aliphatic hydroxyl groups is 1. The summed E-state index contributed by atoms with van der Waals surface area (Å²) in [6.45, 7) is 5.44. The molecule has 0 aliphatic carbocycles. The molecule has 0 radical (unpaired) electrons. The molecule has 98 valence electrons. The van der Waals surface area contributed by atoms with E-state index in [1.54, 1.807) is 6.92 Å². The van der Waals surface area contributed by atoms with Crippen molar-refractivity contribution in [1.82, 2.24) is 0 Å². The average molecular weight is 248 g/mol. The molecule has 2 rings (SSSR count). The summed E-state index contributed by atoms with van der Waals surface area (Å²) in [6.07, 6.45) is 2.84. The van der Waals surface area contributed by atoms with E-state index in [0.29, 0.717) is 0 Å². The summed E-state index contributed by atoms with van der Waals surface area (Å²) in [5.74, 6) is -0.645. The van der Waals surface area contributed by atoms with Gasteiger partial charge in [-0.1, -0.05) is 42.5 Å². The Hall–Kier alpha value is -1.16.